The van der Waals surface area contributed by atoms with Gasteiger partial charge in [0, 0.05) is 19.6 Å². The van der Waals surface area contributed by atoms with Crippen molar-refractivity contribution in [3.8, 4) is 5.75 Å². The molecule has 0 aromatic heterocycles. The van der Waals surface area contributed by atoms with Crippen LogP contribution in [0.2, 0.25) is 0 Å². The molecule has 0 radical (unpaired) electrons. The second-order valence-electron chi connectivity index (χ2n) is 5.75. The number of likely N-dealkylation sites (tertiary alicyclic amines) is 1. The van der Waals surface area contributed by atoms with Crippen molar-refractivity contribution in [1.29, 1.82) is 0 Å². The summed E-state index contributed by atoms with van der Waals surface area (Å²) >= 11 is 0. The number of carbonyl (C=O) groups is 2. The van der Waals surface area contributed by atoms with Crippen LogP contribution in [0.3, 0.4) is 0 Å². The molecule has 1 saturated heterocycles. The standard InChI is InChI=1S/C18H26N2O4/c1-3-23-16-7-5-6-14(12-16)13-19-18(22)20-10-8-15(9-11-20)17(21)24-4-2/h5-7,12,15H,3-4,8-11,13H2,1-2H3,(H,19,22). The van der Waals surface area contributed by atoms with Crippen molar-refractivity contribution in [2.24, 2.45) is 5.92 Å². The van der Waals surface area contributed by atoms with Gasteiger partial charge in [-0.05, 0) is 44.4 Å². The highest BCUT2D eigenvalue weighted by molar-refractivity contribution is 5.76. The van der Waals surface area contributed by atoms with E-state index in [1.54, 1.807) is 11.8 Å². The number of carbonyl (C=O) groups excluding carboxylic acids is 2. The van der Waals surface area contributed by atoms with Crippen molar-refractivity contribution in [3.63, 3.8) is 0 Å². The maximum absolute atomic E-state index is 12.3. The van der Waals surface area contributed by atoms with Crippen molar-refractivity contribution in [2.75, 3.05) is 26.3 Å². The van der Waals surface area contributed by atoms with Gasteiger partial charge in [0.25, 0.3) is 0 Å². The van der Waals surface area contributed by atoms with Gasteiger partial charge in [-0.25, -0.2) is 4.79 Å². The zero-order chi connectivity index (χ0) is 17.4. The van der Waals surface area contributed by atoms with Gasteiger partial charge in [-0.15, -0.1) is 0 Å². The second-order valence-corrected chi connectivity index (χ2v) is 5.75. The molecule has 1 aliphatic heterocycles. The predicted octanol–water partition coefficient (Wildman–Crippen LogP) is 2.57. The molecular formula is C18H26N2O4. The van der Waals surface area contributed by atoms with Crippen molar-refractivity contribution >= 4 is 12.0 Å². The molecule has 1 aliphatic rings. The Bertz CT molecular complexity index is 554. The molecule has 0 aliphatic carbocycles. The van der Waals surface area contributed by atoms with E-state index < -0.39 is 0 Å². The van der Waals surface area contributed by atoms with E-state index in [0.29, 0.717) is 45.7 Å². The van der Waals surface area contributed by atoms with Crippen LogP contribution >= 0.6 is 0 Å². The molecule has 0 bridgehead atoms. The zero-order valence-electron chi connectivity index (χ0n) is 14.4. The van der Waals surface area contributed by atoms with E-state index in [2.05, 4.69) is 5.32 Å². The molecule has 0 spiro atoms. The van der Waals surface area contributed by atoms with E-state index in [1.807, 2.05) is 31.2 Å². The summed E-state index contributed by atoms with van der Waals surface area (Å²) < 4.78 is 10.5. The van der Waals surface area contributed by atoms with Crippen LogP contribution in [-0.2, 0) is 16.1 Å². The van der Waals surface area contributed by atoms with Crippen LogP contribution in [0.15, 0.2) is 24.3 Å². The lowest BCUT2D eigenvalue weighted by molar-refractivity contribution is -0.149. The maximum Gasteiger partial charge on any atom is 0.317 e. The van der Waals surface area contributed by atoms with Crippen LogP contribution in [0.1, 0.15) is 32.3 Å². The van der Waals surface area contributed by atoms with Crippen LogP contribution < -0.4 is 10.1 Å². The third-order valence-corrected chi connectivity index (χ3v) is 4.06. The van der Waals surface area contributed by atoms with Gasteiger partial charge < -0.3 is 19.7 Å². The number of hydrogen-bond donors (Lipinski definition) is 1. The fourth-order valence-electron chi connectivity index (χ4n) is 2.78. The molecule has 0 atom stereocenters. The highest BCUT2D eigenvalue weighted by atomic mass is 16.5. The Morgan fingerprint density at radius 1 is 1.21 bits per heavy atom. The van der Waals surface area contributed by atoms with Gasteiger partial charge in [0.15, 0.2) is 0 Å². The zero-order valence-corrected chi connectivity index (χ0v) is 14.4. The van der Waals surface area contributed by atoms with Crippen molar-refractivity contribution in [3.05, 3.63) is 29.8 Å². The Balaban J connectivity index is 1.77. The fraction of sp³-hybridized carbons (Fsp3) is 0.556. The molecule has 6 nitrogen and oxygen atoms in total. The number of ether oxygens (including phenoxy) is 2. The number of hydrogen-bond acceptors (Lipinski definition) is 4. The molecule has 1 aromatic rings. The minimum absolute atomic E-state index is 0.0862. The molecule has 132 valence electrons. The Kier molecular flexibility index (Phi) is 6.90. The molecule has 0 saturated carbocycles. The summed E-state index contributed by atoms with van der Waals surface area (Å²) in [7, 11) is 0. The van der Waals surface area contributed by atoms with Gasteiger partial charge >= 0.3 is 12.0 Å². The minimum Gasteiger partial charge on any atom is -0.494 e. The Labute approximate surface area is 143 Å². The second kappa shape index (κ2) is 9.15. The van der Waals surface area contributed by atoms with Gasteiger partial charge in [0.05, 0.1) is 19.1 Å². The summed E-state index contributed by atoms with van der Waals surface area (Å²) in [5.41, 5.74) is 0.996. The van der Waals surface area contributed by atoms with Crippen LogP contribution in [0.4, 0.5) is 4.79 Å². The van der Waals surface area contributed by atoms with E-state index in [4.69, 9.17) is 9.47 Å². The number of piperidine rings is 1. The molecule has 1 aromatic carbocycles. The number of nitrogens with zero attached hydrogens (tertiary/aromatic N) is 1. The van der Waals surface area contributed by atoms with Gasteiger partial charge in [0.1, 0.15) is 5.75 Å². The highest BCUT2D eigenvalue weighted by Crippen LogP contribution is 2.19. The minimum atomic E-state index is -0.148. The molecule has 1 heterocycles. The highest BCUT2D eigenvalue weighted by Gasteiger charge is 2.27. The molecule has 1 fully saturated rings. The predicted molar refractivity (Wildman–Crippen MR) is 90.8 cm³/mol. The maximum atomic E-state index is 12.3. The smallest absolute Gasteiger partial charge is 0.317 e. The van der Waals surface area contributed by atoms with Crippen molar-refractivity contribution in [1.82, 2.24) is 10.2 Å². The molecule has 1 N–H and O–H groups in total. The molecule has 24 heavy (non-hydrogen) atoms. The topological polar surface area (TPSA) is 67.9 Å². The summed E-state index contributed by atoms with van der Waals surface area (Å²) in [5.74, 6) is 0.571. The summed E-state index contributed by atoms with van der Waals surface area (Å²) in [6, 6.07) is 7.60. The van der Waals surface area contributed by atoms with Crippen LogP contribution in [0, 0.1) is 5.92 Å². The van der Waals surface area contributed by atoms with Gasteiger partial charge in [0.2, 0.25) is 0 Å². The van der Waals surface area contributed by atoms with Crippen LogP contribution in [-0.4, -0.2) is 43.2 Å². The largest absolute Gasteiger partial charge is 0.494 e. The number of benzene rings is 1. The first-order chi connectivity index (χ1) is 11.6. The quantitative estimate of drug-likeness (QED) is 0.812. The first-order valence-electron chi connectivity index (χ1n) is 8.55. The van der Waals surface area contributed by atoms with Crippen LogP contribution in [0.5, 0.6) is 5.75 Å². The lowest BCUT2D eigenvalue weighted by Gasteiger charge is -2.30. The van der Waals surface area contributed by atoms with Gasteiger partial charge in [-0.2, -0.15) is 0 Å². The molecular weight excluding hydrogens is 308 g/mol. The van der Waals surface area contributed by atoms with Crippen molar-refractivity contribution in [2.45, 2.75) is 33.2 Å². The fourth-order valence-corrected chi connectivity index (χ4v) is 2.78. The summed E-state index contributed by atoms with van der Waals surface area (Å²) in [4.78, 5) is 25.7. The number of nitrogens with one attached hydrogen (secondary N) is 1. The number of rotatable bonds is 6. The van der Waals surface area contributed by atoms with E-state index in [-0.39, 0.29) is 17.9 Å². The average Bonchev–Trinajstić information content (AvgIpc) is 2.61. The Morgan fingerprint density at radius 2 is 1.96 bits per heavy atom. The number of urea groups is 1. The van der Waals surface area contributed by atoms with Gasteiger partial charge in [-0.1, -0.05) is 12.1 Å². The molecule has 2 amide bonds. The first kappa shape index (κ1) is 18.1. The molecule has 0 unspecified atom stereocenters. The Hall–Kier alpha value is -2.24. The van der Waals surface area contributed by atoms with E-state index in [9.17, 15) is 9.59 Å². The summed E-state index contributed by atoms with van der Waals surface area (Å²) in [5, 5.41) is 2.92. The molecule has 2 rings (SSSR count). The monoisotopic (exact) mass is 334 g/mol. The van der Waals surface area contributed by atoms with Crippen LogP contribution in [0.25, 0.3) is 0 Å². The third kappa shape index (κ3) is 5.15. The normalized spacial score (nSPS) is 15.0. The van der Waals surface area contributed by atoms with E-state index in [0.717, 1.165) is 11.3 Å². The molecule has 6 heteroatoms. The SMILES string of the molecule is CCOC(=O)C1CCN(C(=O)NCc2cccc(OCC)c2)CC1. The third-order valence-electron chi connectivity index (χ3n) is 4.06. The summed E-state index contributed by atoms with van der Waals surface area (Å²) in [6.07, 6.45) is 1.32. The summed E-state index contributed by atoms with van der Waals surface area (Å²) in [6.45, 7) is 6.38. The van der Waals surface area contributed by atoms with Crippen molar-refractivity contribution < 1.29 is 19.1 Å². The lowest BCUT2D eigenvalue weighted by Crippen LogP contribution is -2.45. The lowest BCUT2D eigenvalue weighted by atomic mass is 9.97. The first-order valence-corrected chi connectivity index (χ1v) is 8.55. The van der Waals surface area contributed by atoms with E-state index >= 15 is 0 Å². The Morgan fingerprint density at radius 3 is 2.62 bits per heavy atom. The average molecular weight is 334 g/mol. The van der Waals surface area contributed by atoms with E-state index in [1.165, 1.54) is 0 Å². The van der Waals surface area contributed by atoms with Gasteiger partial charge in [-0.3, -0.25) is 4.79 Å². The number of esters is 1. The number of amides is 2.